The first kappa shape index (κ1) is 13.6. The van der Waals surface area contributed by atoms with Crippen LogP contribution in [0.15, 0.2) is 0 Å². The van der Waals surface area contributed by atoms with Gasteiger partial charge in [-0.05, 0) is 24.4 Å². The van der Waals surface area contributed by atoms with Gasteiger partial charge in [0.1, 0.15) is 0 Å². The summed E-state index contributed by atoms with van der Waals surface area (Å²) in [6.45, 7) is 0. The van der Waals surface area contributed by atoms with Gasteiger partial charge in [-0.15, -0.1) is 0 Å². The monoisotopic (exact) mass is 198 g/mol. The van der Waals surface area contributed by atoms with E-state index in [2.05, 4.69) is 10.2 Å². The summed E-state index contributed by atoms with van der Waals surface area (Å²) < 4.78 is 1.40. The van der Waals surface area contributed by atoms with E-state index in [0.29, 0.717) is 7.91 Å². The molecule has 0 aromatic carbocycles. The average molecular weight is 198 g/mol. The van der Waals surface area contributed by atoms with E-state index in [4.69, 9.17) is 24.4 Å². The van der Waals surface area contributed by atoms with Crippen molar-refractivity contribution in [3.05, 3.63) is 7.91 Å². The van der Waals surface area contributed by atoms with Gasteiger partial charge < -0.3 is 2.85 Å². The molecule has 42 valence electrons. The normalized spacial score (nSPS) is 7.11. The molecule has 0 amide bonds. The van der Waals surface area contributed by atoms with Crippen molar-refractivity contribution in [2.24, 2.45) is 0 Å². The molecule has 2 nitrogen and oxygen atoms in total. The van der Waals surface area contributed by atoms with Crippen molar-refractivity contribution in [1.29, 1.82) is 0 Å². The van der Waals surface area contributed by atoms with Gasteiger partial charge >= 0.3 is 59.1 Å². The fourth-order valence-corrected chi connectivity index (χ4v) is 1.37. The van der Waals surface area contributed by atoms with Gasteiger partial charge in [0.2, 0.25) is 0 Å². The molecule has 0 aliphatic carbocycles. The van der Waals surface area contributed by atoms with Crippen LogP contribution in [0, 0.1) is 7.91 Å². The van der Waals surface area contributed by atoms with E-state index in [9.17, 15) is 0 Å². The number of hydrogen-bond acceptors (Lipinski definition) is 3. The molecule has 9 heavy (non-hydrogen) atoms. The zero-order valence-corrected chi connectivity index (χ0v) is 11.7. The largest absolute Gasteiger partial charge is 1.00 e. The number of nitrogens with one attached hydrogen (secondary N) is 2. The third kappa shape index (κ3) is 5.29. The van der Waals surface area contributed by atoms with E-state index in [1.54, 1.807) is 0 Å². The summed E-state index contributed by atoms with van der Waals surface area (Å²) in [5, 5.41) is 5.34. The van der Waals surface area contributed by atoms with Gasteiger partial charge in [-0.2, -0.15) is 0 Å². The van der Waals surface area contributed by atoms with Crippen LogP contribution in [-0.4, -0.2) is 10.2 Å². The van der Waals surface area contributed by atoms with Crippen LogP contribution in [0.25, 0.3) is 0 Å². The van der Waals surface area contributed by atoms with Crippen LogP contribution in [0.1, 0.15) is 2.85 Å². The summed E-state index contributed by atoms with van der Waals surface area (Å²) in [4.78, 5) is 0. The standard InChI is InChI=1S/C2H2N2S3.2Na.2H/c5-1-3-4-2(6)7-1;;;;/h(H,3,5)(H,4,6);;;;/q;2*+1;2*-1. The summed E-state index contributed by atoms with van der Waals surface area (Å²) in [5.41, 5.74) is 0. The van der Waals surface area contributed by atoms with Crippen molar-refractivity contribution in [2.45, 2.75) is 0 Å². The first-order valence-electron chi connectivity index (χ1n) is 1.57. The molecule has 0 radical (unpaired) electrons. The molecule has 0 unspecified atom stereocenters. The maximum Gasteiger partial charge on any atom is 1.00 e. The van der Waals surface area contributed by atoms with Gasteiger partial charge in [0.05, 0.1) is 0 Å². The van der Waals surface area contributed by atoms with Crippen molar-refractivity contribution < 1.29 is 62.0 Å². The molecule has 1 aromatic rings. The first-order valence-corrected chi connectivity index (χ1v) is 3.20. The molecule has 1 aromatic heterocycles. The third-order valence-corrected chi connectivity index (χ3v) is 1.73. The summed E-state index contributed by atoms with van der Waals surface area (Å²) in [6, 6.07) is 0. The summed E-state index contributed by atoms with van der Waals surface area (Å²) in [7, 11) is 0. The van der Waals surface area contributed by atoms with Gasteiger partial charge in [0, 0.05) is 0 Å². The van der Waals surface area contributed by atoms with E-state index in [-0.39, 0.29) is 62.0 Å². The molecule has 0 saturated heterocycles. The molecule has 1 rings (SSSR count). The molecule has 0 fully saturated rings. The van der Waals surface area contributed by atoms with Crippen LogP contribution in [0.5, 0.6) is 0 Å². The number of aromatic amines is 2. The number of rotatable bonds is 0. The Kier molecular flexibility index (Phi) is 10.1. The van der Waals surface area contributed by atoms with Gasteiger partial charge in [-0.3, -0.25) is 10.2 Å². The van der Waals surface area contributed by atoms with E-state index in [1.165, 1.54) is 11.3 Å². The molecule has 0 bridgehead atoms. The summed E-state index contributed by atoms with van der Waals surface area (Å²) in [5.74, 6) is 0. The predicted octanol–water partition coefficient (Wildman–Crippen LogP) is -3.90. The van der Waals surface area contributed by atoms with Crippen LogP contribution in [0.2, 0.25) is 0 Å². The maximum absolute atomic E-state index is 4.70. The minimum Gasteiger partial charge on any atom is -1.00 e. The fourth-order valence-electron chi connectivity index (χ4n) is 0.237. The Hall–Kier alpha value is 2.00. The van der Waals surface area contributed by atoms with Gasteiger partial charge in [-0.25, -0.2) is 0 Å². The average Bonchev–Trinajstić information content (AvgIpc) is 1.87. The van der Waals surface area contributed by atoms with Crippen molar-refractivity contribution in [2.75, 3.05) is 0 Å². The number of H-pyrrole nitrogens is 2. The third-order valence-electron chi connectivity index (χ3n) is 0.452. The Morgan fingerprint density at radius 1 is 1.11 bits per heavy atom. The molecule has 1 heterocycles. The zero-order valence-electron chi connectivity index (χ0n) is 7.22. The van der Waals surface area contributed by atoms with Crippen molar-refractivity contribution in [3.63, 3.8) is 0 Å². The van der Waals surface area contributed by atoms with Crippen molar-refractivity contribution >= 4 is 35.8 Å². The maximum atomic E-state index is 4.70. The Bertz CT molecular complexity index is 230. The van der Waals surface area contributed by atoms with E-state index >= 15 is 0 Å². The number of aromatic nitrogens is 2. The smallest absolute Gasteiger partial charge is 1.00 e. The van der Waals surface area contributed by atoms with Crippen molar-refractivity contribution in [3.8, 4) is 0 Å². The van der Waals surface area contributed by atoms with Crippen LogP contribution in [0.4, 0.5) is 0 Å². The number of hydrogen-bond donors (Lipinski definition) is 2. The molecule has 0 aliphatic heterocycles. The Morgan fingerprint density at radius 2 is 1.44 bits per heavy atom. The Balaban J connectivity index is -0.0000000612. The van der Waals surface area contributed by atoms with Gasteiger partial charge in [-0.1, -0.05) is 11.3 Å². The van der Waals surface area contributed by atoms with E-state index < -0.39 is 0 Å². The molecule has 2 N–H and O–H groups in total. The predicted molar refractivity (Wildman–Crippen MR) is 36.9 cm³/mol. The topological polar surface area (TPSA) is 31.6 Å². The minimum atomic E-state index is 0. The Labute approximate surface area is 114 Å². The molecule has 0 saturated carbocycles. The van der Waals surface area contributed by atoms with Crippen LogP contribution < -0.4 is 59.1 Å². The summed E-state index contributed by atoms with van der Waals surface area (Å²) in [6.07, 6.45) is 0. The van der Waals surface area contributed by atoms with Crippen LogP contribution in [-0.2, 0) is 0 Å². The van der Waals surface area contributed by atoms with Gasteiger partial charge in [0.15, 0.2) is 7.91 Å². The second-order valence-corrected chi connectivity index (χ2v) is 3.28. The van der Waals surface area contributed by atoms with Crippen LogP contribution in [0.3, 0.4) is 0 Å². The second kappa shape index (κ2) is 6.69. The summed E-state index contributed by atoms with van der Waals surface area (Å²) >= 11 is 10.8. The van der Waals surface area contributed by atoms with Gasteiger partial charge in [0.25, 0.3) is 0 Å². The van der Waals surface area contributed by atoms with Crippen molar-refractivity contribution in [1.82, 2.24) is 10.2 Å². The zero-order chi connectivity index (χ0) is 5.28. The molecule has 0 atom stereocenters. The second-order valence-electron chi connectivity index (χ2n) is 0.927. The fraction of sp³-hybridized carbons (Fsp3) is 0. The molecule has 0 spiro atoms. The van der Waals surface area contributed by atoms with E-state index in [1.807, 2.05) is 0 Å². The molecular weight excluding hydrogens is 194 g/mol. The Morgan fingerprint density at radius 3 is 1.56 bits per heavy atom. The molecular formula is C2H4N2Na2S3. The van der Waals surface area contributed by atoms with E-state index in [0.717, 1.165) is 0 Å². The SMILES string of the molecule is S=c1[nH][nH]c(=S)s1.[H-].[H-].[Na+].[Na+]. The first-order chi connectivity index (χ1) is 3.29. The molecule has 7 heteroatoms. The minimum absolute atomic E-state index is 0. The quantitative estimate of drug-likeness (QED) is 0.330. The molecule has 0 aliphatic rings. The van der Waals surface area contributed by atoms with Crippen LogP contribution >= 0.6 is 35.8 Å².